The van der Waals surface area contributed by atoms with Gasteiger partial charge < -0.3 is 25.4 Å². The minimum atomic E-state index is 0.0321. The number of carbonyl (C=O) groups is 2. The summed E-state index contributed by atoms with van der Waals surface area (Å²) >= 11 is 0. The van der Waals surface area contributed by atoms with Crippen molar-refractivity contribution in [1.29, 1.82) is 0 Å². The molecule has 2 bridgehead atoms. The molecule has 202 valence electrons. The van der Waals surface area contributed by atoms with E-state index in [2.05, 4.69) is 24.8 Å². The summed E-state index contributed by atoms with van der Waals surface area (Å²) in [4.78, 5) is 41.0. The van der Waals surface area contributed by atoms with Gasteiger partial charge >= 0.3 is 0 Å². The van der Waals surface area contributed by atoms with Gasteiger partial charge in [-0.3, -0.25) is 14.6 Å². The van der Waals surface area contributed by atoms with E-state index >= 15 is 0 Å². The first-order chi connectivity index (χ1) is 18.4. The molecule has 10 heteroatoms. The summed E-state index contributed by atoms with van der Waals surface area (Å²) < 4.78 is 2.10. The summed E-state index contributed by atoms with van der Waals surface area (Å²) in [5.74, 6) is 0.404. The Morgan fingerprint density at radius 1 is 1.11 bits per heavy atom. The molecule has 5 heterocycles. The van der Waals surface area contributed by atoms with Crippen molar-refractivity contribution in [3.63, 3.8) is 0 Å². The van der Waals surface area contributed by atoms with Gasteiger partial charge in [-0.2, -0.15) is 4.98 Å². The highest BCUT2D eigenvalue weighted by molar-refractivity contribution is 5.98. The van der Waals surface area contributed by atoms with E-state index in [1.165, 1.54) is 32.1 Å². The van der Waals surface area contributed by atoms with Crippen molar-refractivity contribution < 1.29 is 9.59 Å². The van der Waals surface area contributed by atoms with Gasteiger partial charge in [0, 0.05) is 68.8 Å². The van der Waals surface area contributed by atoms with E-state index in [1.54, 1.807) is 23.5 Å². The normalized spacial score (nSPS) is 21.2. The Bertz CT molecular complexity index is 1260. The van der Waals surface area contributed by atoms with Crippen molar-refractivity contribution in [2.45, 2.75) is 70.0 Å². The van der Waals surface area contributed by atoms with Crippen molar-refractivity contribution in [2.75, 3.05) is 32.4 Å². The fourth-order valence-electron chi connectivity index (χ4n) is 5.87. The molecule has 10 nitrogen and oxygen atoms in total. The number of carbonyl (C=O) groups excluding carboxylic acids is 2. The lowest BCUT2D eigenvalue weighted by Crippen LogP contribution is -2.53. The van der Waals surface area contributed by atoms with Gasteiger partial charge in [0.05, 0.1) is 5.56 Å². The number of piperazine rings is 1. The van der Waals surface area contributed by atoms with Gasteiger partial charge in [0.2, 0.25) is 5.95 Å². The Balaban J connectivity index is 0.000000162. The standard InChI is InChI=1S/C16H23N5O.C12H15N3O/c1-3-20(2)15(22)13-9-11-10-18-16(17)19-14(11)21(13)12-7-5-4-6-8-12;16-12(9-2-1-5-13-6-9)15-7-10-3-4-11(8-15)14-10/h9-10,12H,3-8H2,1-2H3,(H2,17,18,19);1-2,5-6,10-11,14H,3-4,7-8H2. The molecule has 38 heavy (non-hydrogen) atoms. The van der Waals surface area contributed by atoms with Crippen LogP contribution in [0.25, 0.3) is 11.0 Å². The molecule has 3 aliphatic rings. The lowest BCUT2D eigenvalue weighted by Gasteiger charge is -2.32. The van der Waals surface area contributed by atoms with Crippen LogP contribution in [0, 0.1) is 0 Å². The molecule has 1 aliphatic carbocycles. The number of rotatable bonds is 4. The van der Waals surface area contributed by atoms with E-state index < -0.39 is 0 Å². The highest BCUT2D eigenvalue weighted by Gasteiger charge is 2.34. The van der Waals surface area contributed by atoms with Gasteiger partial charge in [-0.15, -0.1) is 0 Å². The zero-order valence-corrected chi connectivity index (χ0v) is 22.3. The highest BCUT2D eigenvalue weighted by atomic mass is 16.2. The number of anilines is 1. The number of aromatic nitrogens is 4. The van der Waals surface area contributed by atoms with Crippen LogP contribution >= 0.6 is 0 Å². The van der Waals surface area contributed by atoms with Gasteiger partial charge in [0.15, 0.2) is 0 Å². The highest BCUT2D eigenvalue weighted by Crippen LogP contribution is 2.33. The number of hydrogen-bond donors (Lipinski definition) is 2. The minimum Gasteiger partial charge on any atom is -0.368 e. The smallest absolute Gasteiger partial charge is 0.270 e. The number of nitrogens with zero attached hydrogens (tertiary/aromatic N) is 6. The van der Waals surface area contributed by atoms with Crippen molar-refractivity contribution in [3.8, 4) is 0 Å². The molecule has 6 rings (SSSR count). The first kappa shape index (κ1) is 26.1. The first-order valence-corrected chi connectivity index (χ1v) is 13.8. The SMILES string of the molecule is CCN(C)C(=O)c1cc2cnc(N)nc2n1C1CCCCC1.O=C(c1cccnc1)N1CC2CCC(C1)N2. The number of nitrogens with two attached hydrogens (primary N) is 1. The Morgan fingerprint density at radius 3 is 2.50 bits per heavy atom. The van der Waals surface area contributed by atoms with E-state index in [1.807, 2.05) is 37.1 Å². The van der Waals surface area contributed by atoms with Crippen LogP contribution in [0.15, 0.2) is 36.8 Å². The monoisotopic (exact) mass is 518 g/mol. The van der Waals surface area contributed by atoms with Crippen LogP contribution in [-0.2, 0) is 0 Å². The summed E-state index contributed by atoms with van der Waals surface area (Å²) in [7, 11) is 1.82. The molecule has 3 N–H and O–H groups in total. The third-order valence-corrected chi connectivity index (χ3v) is 7.99. The summed E-state index contributed by atoms with van der Waals surface area (Å²) in [6.07, 6.45) is 13.3. The summed E-state index contributed by atoms with van der Waals surface area (Å²) in [5, 5.41) is 4.40. The number of nitrogen functional groups attached to an aromatic ring is 1. The van der Waals surface area contributed by atoms with Gasteiger partial charge in [-0.25, -0.2) is 4.98 Å². The van der Waals surface area contributed by atoms with Gasteiger partial charge in [0.25, 0.3) is 11.8 Å². The van der Waals surface area contributed by atoms with Crippen LogP contribution in [0.1, 0.15) is 78.8 Å². The van der Waals surface area contributed by atoms with Gasteiger partial charge in [-0.05, 0) is 50.8 Å². The molecule has 2 saturated heterocycles. The second-order valence-electron chi connectivity index (χ2n) is 10.6. The van der Waals surface area contributed by atoms with E-state index in [4.69, 9.17) is 5.73 Å². The summed E-state index contributed by atoms with van der Waals surface area (Å²) in [6, 6.07) is 6.87. The summed E-state index contributed by atoms with van der Waals surface area (Å²) in [5.41, 5.74) is 7.95. The molecular formula is C28H38N8O2. The Kier molecular flexibility index (Phi) is 7.87. The number of likely N-dealkylation sites (tertiary alicyclic amines) is 1. The van der Waals surface area contributed by atoms with E-state index in [0.29, 0.717) is 35.9 Å². The second kappa shape index (κ2) is 11.5. The van der Waals surface area contributed by atoms with Crippen molar-refractivity contribution in [1.82, 2.24) is 34.6 Å². The molecule has 2 amide bonds. The average Bonchev–Trinajstić information content (AvgIpc) is 3.51. The van der Waals surface area contributed by atoms with Crippen LogP contribution in [0.2, 0.25) is 0 Å². The lowest BCUT2D eigenvalue weighted by molar-refractivity contribution is 0.0696. The maximum atomic E-state index is 12.7. The molecule has 3 aromatic rings. The molecule has 0 spiro atoms. The zero-order valence-electron chi connectivity index (χ0n) is 22.3. The molecule has 3 aromatic heterocycles. The summed E-state index contributed by atoms with van der Waals surface area (Å²) in [6.45, 7) is 4.33. The Labute approximate surface area is 223 Å². The third-order valence-electron chi connectivity index (χ3n) is 7.99. The quantitative estimate of drug-likeness (QED) is 0.543. The van der Waals surface area contributed by atoms with Crippen molar-refractivity contribution in [2.24, 2.45) is 0 Å². The molecular weight excluding hydrogens is 480 g/mol. The topological polar surface area (TPSA) is 122 Å². The minimum absolute atomic E-state index is 0.0321. The van der Waals surface area contributed by atoms with Crippen LogP contribution in [0.4, 0.5) is 5.95 Å². The van der Waals surface area contributed by atoms with Crippen molar-refractivity contribution >= 4 is 28.8 Å². The number of nitrogens with one attached hydrogen (secondary N) is 1. The maximum absolute atomic E-state index is 12.7. The van der Waals surface area contributed by atoms with Crippen molar-refractivity contribution in [3.05, 3.63) is 48.0 Å². The number of amides is 2. The van der Waals surface area contributed by atoms with E-state index in [-0.39, 0.29) is 17.8 Å². The number of hydrogen-bond acceptors (Lipinski definition) is 7. The number of fused-ring (bicyclic) bond motifs is 3. The second-order valence-corrected chi connectivity index (χ2v) is 10.6. The van der Waals surface area contributed by atoms with Gasteiger partial charge in [0.1, 0.15) is 11.3 Å². The zero-order chi connectivity index (χ0) is 26.6. The predicted molar refractivity (Wildman–Crippen MR) is 147 cm³/mol. The fraction of sp³-hybridized carbons (Fsp3) is 0.536. The van der Waals surface area contributed by atoms with Gasteiger partial charge in [-0.1, -0.05) is 19.3 Å². The molecule has 0 aromatic carbocycles. The molecule has 3 fully saturated rings. The molecule has 2 aliphatic heterocycles. The largest absolute Gasteiger partial charge is 0.368 e. The molecule has 1 saturated carbocycles. The van der Waals surface area contributed by atoms with Crippen LogP contribution in [0.3, 0.4) is 0 Å². The Hall–Kier alpha value is -3.53. The maximum Gasteiger partial charge on any atom is 0.270 e. The van der Waals surface area contributed by atoms with E-state index in [9.17, 15) is 9.59 Å². The number of pyridine rings is 1. The Morgan fingerprint density at radius 2 is 1.84 bits per heavy atom. The van der Waals surface area contributed by atoms with Crippen LogP contribution < -0.4 is 11.1 Å². The van der Waals surface area contributed by atoms with Crippen LogP contribution in [0.5, 0.6) is 0 Å². The lowest BCUT2D eigenvalue weighted by atomic mass is 9.95. The predicted octanol–water partition coefficient (Wildman–Crippen LogP) is 3.27. The molecule has 2 atom stereocenters. The first-order valence-electron chi connectivity index (χ1n) is 13.8. The van der Waals surface area contributed by atoms with E-state index in [0.717, 1.165) is 37.0 Å². The third kappa shape index (κ3) is 5.50. The van der Waals surface area contributed by atoms with Crippen LogP contribution in [-0.4, -0.2) is 79.9 Å². The average molecular weight is 519 g/mol. The fourth-order valence-corrected chi connectivity index (χ4v) is 5.87. The molecule has 2 unspecified atom stereocenters. The molecule has 0 radical (unpaired) electrons.